The summed E-state index contributed by atoms with van der Waals surface area (Å²) in [5.41, 5.74) is -0.279. The maximum atomic E-state index is 12.3. The standard InChI is InChI=1S/C14H19ClN4O3/c1-14(2,3)22-13(21)19-6-4-18(5-7-19)12(20)10-8-17-11(15)9-16-10/h8-9H,4-7H2,1-3H3. The average Bonchev–Trinajstić information content (AvgIpc) is 2.46. The van der Waals surface area contributed by atoms with Gasteiger partial charge in [0, 0.05) is 26.2 Å². The minimum absolute atomic E-state index is 0.215. The van der Waals surface area contributed by atoms with Crippen LogP contribution < -0.4 is 0 Å². The van der Waals surface area contributed by atoms with Crippen LogP contribution >= 0.6 is 11.6 Å². The van der Waals surface area contributed by atoms with Gasteiger partial charge in [-0.15, -0.1) is 0 Å². The lowest BCUT2D eigenvalue weighted by Crippen LogP contribution is -2.51. The van der Waals surface area contributed by atoms with Crippen LogP contribution in [0.4, 0.5) is 4.79 Å². The van der Waals surface area contributed by atoms with Crippen LogP contribution in [0.2, 0.25) is 5.15 Å². The highest BCUT2D eigenvalue weighted by molar-refractivity contribution is 6.29. The van der Waals surface area contributed by atoms with Crippen LogP contribution in [0.3, 0.4) is 0 Å². The van der Waals surface area contributed by atoms with Crippen LogP contribution in [0.5, 0.6) is 0 Å². The van der Waals surface area contributed by atoms with Gasteiger partial charge < -0.3 is 14.5 Å². The van der Waals surface area contributed by atoms with Crippen molar-refractivity contribution in [2.24, 2.45) is 0 Å². The first-order chi connectivity index (χ1) is 10.3. The third-order valence-electron chi connectivity index (χ3n) is 3.06. The van der Waals surface area contributed by atoms with E-state index in [9.17, 15) is 9.59 Å². The Kier molecular flexibility index (Phi) is 4.85. The quantitative estimate of drug-likeness (QED) is 0.787. The van der Waals surface area contributed by atoms with Crippen LogP contribution in [0.1, 0.15) is 31.3 Å². The predicted octanol–water partition coefficient (Wildman–Crippen LogP) is 1.82. The van der Waals surface area contributed by atoms with Gasteiger partial charge in [0.05, 0.1) is 12.4 Å². The number of rotatable bonds is 1. The minimum Gasteiger partial charge on any atom is -0.444 e. The second-order valence-corrected chi connectivity index (χ2v) is 6.37. The van der Waals surface area contributed by atoms with Crippen molar-refractivity contribution < 1.29 is 14.3 Å². The zero-order chi connectivity index (χ0) is 16.3. The summed E-state index contributed by atoms with van der Waals surface area (Å²) in [6.45, 7) is 7.20. The van der Waals surface area contributed by atoms with Crippen molar-refractivity contribution in [2.75, 3.05) is 26.2 Å². The summed E-state index contributed by atoms with van der Waals surface area (Å²) in [6.07, 6.45) is 2.34. The molecule has 120 valence electrons. The van der Waals surface area contributed by atoms with E-state index in [-0.39, 0.29) is 22.8 Å². The Bertz CT molecular complexity index is 548. The second-order valence-electron chi connectivity index (χ2n) is 5.98. The molecular weight excluding hydrogens is 308 g/mol. The molecule has 0 radical (unpaired) electrons. The summed E-state index contributed by atoms with van der Waals surface area (Å²) >= 11 is 5.65. The van der Waals surface area contributed by atoms with Gasteiger partial charge in [0.15, 0.2) is 0 Å². The molecule has 2 heterocycles. The Morgan fingerprint density at radius 2 is 1.68 bits per heavy atom. The lowest BCUT2D eigenvalue weighted by Gasteiger charge is -2.35. The van der Waals surface area contributed by atoms with Crippen LogP contribution in [0, 0.1) is 0 Å². The van der Waals surface area contributed by atoms with Gasteiger partial charge in [0.2, 0.25) is 0 Å². The summed E-state index contributed by atoms with van der Waals surface area (Å²) in [7, 11) is 0. The van der Waals surface area contributed by atoms with E-state index < -0.39 is 5.60 Å². The molecule has 1 aliphatic rings. The van der Waals surface area contributed by atoms with Crippen LogP contribution in [0.25, 0.3) is 0 Å². The summed E-state index contributed by atoms with van der Waals surface area (Å²) in [6, 6.07) is 0. The summed E-state index contributed by atoms with van der Waals surface area (Å²) in [5.74, 6) is -0.215. The van der Waals surface area contributed by atoms with E-state index in [0.717, 1.165) is 0 Å². The maximum Gasteiger partial charge on any atom is 0.410 e. The molecule has 0 spiro atoms. The van der Waals surface area contributed by atoms with Crippen LogP contribution in [0.15, 0.2) is 12.4 Å². The molecule has 2 amide bonds. The average molecular weight is 327 g/mol. The van der Waals surface area contributed by atoms with Crippen molar-refractivity contribution in [3.05, 3.63) is 23.2 Å². The van der Waals surface area contributed by atoms with E-state index in [0.29, 0.717) is 26.2 Å². The molecule has 2 rings (SSSR count). The number of carbonyl (C=O) groups excluding carboxylic acids is 2. The lowest BCUT2D eigenvalue weighted by molar-refractivity contribution is 0.0140. The molecule has 0 unspecified atom stereocenters. The molecule has 22 heavy (non-hydrogen) atoms. The summed E-state index contributed by atoms with van der Waals surface area (Å²) in [4.78, 5) is 35.3. The van der Waals surface area contributed by atoms with Crippen molar-refractivity contribution >= 4 is 23.6 Å². The number of piperazine rings is 1. The van der Waals surface area contributed by atoms with E-state index in [1.807, 2.05) is 20.8 Å². The highest BCUT2D eigenvalue weighted by Gasteiger charge is 2.28. The van der Waals surface area contributed by atoms with Crippen molar-refractivity contribution in [3.63, 3.8) is 0 Å². The molecule has 1 aromatic rings. The Morgan fingerprint density at radius 1 is 1.09 bits per heavy atom. The number of ether oxygens (including phenoxy) is 1. The third-order valence-corrected chi connectivity index (χ3v) is 3.25. The lowest BCUT2D eigenvalue weighted by atomic mass is 10.2. The number of hydrogen-bond acceptors (Lipinski definition) is 5. The predicted molar refractivity (Wildman–Crippen MR) is 80.8 cm³/mol. The molecule has 0 bridgehead atoms. The van der Waals surface area contributed by atoms with Gasteiger partial charge in [-0.1, -0.05) is 11.6 Å². The van der Waals surface area contributed by atoms with Crippen molar-refractivity contribution in [1.82, 2.24) is 19.8 Å². The van der Waals surface area contributed by atoms with Crippen LogP contribution in [-0.4, -0.2) is 63.5 Å². The molecule has 1 fully saturated rings. The number of hydrogen-bond donors (Lipinski definition) is 0. The SMILES string of the molecule is CC(C)(C)OC(=O)N1CCN(C(=O)c2cnc(Cl)cn2)CC1. The van der Waals surface area contributed by atoms with E-state index in [2.05, 4.69) is 9.97 Å². The van der Waals surface area contributed by atoms with Crippen LogP contribution in [-0.2, 0) is 4.74 Å². The molecule has 0 atom stereocenters. The molecule has 0 N–H and O–H groups in total. The fraction of sp³-hybridized carbons (Fsp3) is 0.571. The molecule has 0 aliphatic carbocycles. The molecule has 0 aromatic carbocycles. The Labute approximate surface area is 134 Å². The molecule has 7 nitrogen and oxygen atoms in total. The minimum atomic E-state index is -0.525. The summed E-state index contributed by atoms with van der Waals surface area (Å²) < 4.78 is 5.32. The highest BCUT2D eigenvalue weighted by atomic mass is 35.5. The zero-order valence-corrected chi connectivity index (χ0v) is 13.6. The van der Waals surface area contributed by atoms with E-state index in [1.165, 1.54) is 12.4 Å². The van der Waals surface area contributed by atoms with Gasteiger partial charge in [-0.3, -0.25) is 4.79 Å². The first kappa shape index (κ1) is 16.5. The second kappa shape index (κ2) is 6.48. The summed E-state index contributed by atoms with van der Waals surface area (Å²) in [5, 5.41) is 0.242. The van der Waals surface area contributed by atoms with Crippen molar-refractivity contribution in [1.29, 1.82) is 0 Å². The number of nitrogens with zero attached hydrogens (tertiary/aromatic N) is 4. The van der Waals surface area contributed by atoms with E-state index in [1.54, 1.807) is 9.80 Å². The Morgan fingerprint density at radius 3 is 2.18 bits per heavy atom. The van der Waals surface area contributed by atoms with Gasteiger partial charge in [0.1, 0.15) is 16.4 Å². The van der Waals surface area contributed by atoms with Crippen molar-refractivity contribution in [2.45, 2.75) is 26.4 Å². The number of aromatic nitrogens is 2. The molecule has 1 saturated heterocycles. The van der Waals surface area contributed by atoms with Gasteiger partial charge in [-0.05, 0) is 20.8 Å². The largest absolute Gasteiger partial charge is 0.444 e. The third kappa shape index (κ3) is 4.30. The first-order valence-electron chi connectivity index (χ1n) is 7.01. The Hall–Kier alpha value is -1.89. The topological polar surface area (TPSA) is 75.6 Å². The molecular formula is C14H19ClN4O3. The van der Waals surface area contributed by atoms with Gasteiger partial charge >= 0.3 is 6.09 Å². The van der Waals surface area contributed by atoms with E-state index >= 15 is 0 Å². The normalized spacial score (nSPS) is 15.6. The smallest absolute Gasteiger partial charge is 0.410 e. The van der Waals surface area contributed by atoms with Gasteiger partial charge in [0.25, 0.3) is 5.91 Å². The monoisotopic (exact) mass is 326 g/mol. The molecule has 0 saturated carbocycles. The zero-order valence-electron chi connectivity index (χ0n) is 12.9. The van der Waals surface area contributed by atoms with Crippen molar-refractivity contribution in [3.8, 4) is 0 Å². The number of amides is 2. The highest BCUT2D eigenvalue weighted by Crippen LogP contribution is 2.13. The molecule has 1 aromatic heterocycles. The number of halogens is 1. The van der Waals surface area contributed by atoms with E-state index in [4.69, 9.17) is 16.3 Å². The fourth-order valence-electron chi connectivity index (χ4n) is 2.00. The maximum absolute atomic E-state index is 12.3. The molecule has 8 heteroatoms. The Balaban J connectivity index is 1.90. The van der Waals surface area contributed by atoms with Gasteiger partial charge in [-0.25, -0.2) is 14.8 Å². The first-order valence-corrected chi connectivity index (χ1v) is 7.39. The molecule has 1 aliphatic heterocycles. The van der Waals surface area contributed by atoms with Gasteiger partial charge in [-0.2, -0.15) is 0 Å². The number of carbonyl (C=O) groups is 2. The fourth-order valence-corrected chi connectivity index (χ4v) is 2.10.